The lowest BCUT2D eigenvalue weighted by atomic mass is 10.1. The molecule has 2 aromatic rings. The number of esters is 1. The van der Waals surface area contributed by atoms with Gasteiger partial charge in [0, 0.05) is 24.5 Å². The van der Waals surface area contributed by atoms with Gasteiger partial charge in [-0.05, 0) is 25.1 Å². The Labute approximate surface area is 109 Å². The third kappa shape index (κ3) is 2.12. The monoisotopic (exact) mass is 262 g/mol. The average molecular weight is 262 g/mol. The molecule has 1 aromatic heterocycles. The molecular weight excluding hydrogens is 248 g/mol. The number of nitrogens with two attached hydrogens (primary N) is 1. The van der Waals surface area contributed by atoms with Crippen LogP contribution in [0.3, 0.4) is 0 Å². The minimum Gasteiger partial charge on any atom is -0.504 e. The van der Waals surface area contributed by atoms with Crippen molar-refractivity contribution in [3.63, 3.8) is 0 Å². The topological polar surface area (TPSA) is 94.5 Å². The number of rotatable bonds is 2. The first-order valence-corrected chi connectivity index (χ1v) is 5.79. The van der Waals surface area contributed by atoms with E-state index in [1.165, 1.54) is 11.5 Å². The van der Waals surface area contributed by atoms with Crippen molar-refractivity contribution in [2.24, 2.45) is 0 Å². The van der Waals surface area contributed by atoms with Crippen molar-refractivity contribution >= 4 is 22.6 Å². The Bertz CT molecular complexity index is 719. The van der Waals surface area contributed by atoms with Gasteiger partial charge in [0.15, 0.2) is 5.75 Å². The number of hydrogen-bond acceptors (Lipinski definition) is 5. The van der Waals surface area contributed by atoms with E-state index >= 15 is 0 Å². The fourth-order valence-corrected chi connectivity index (χ4v) is 1.98. The quantitative estimate of drug-likeness (QED) is 0.627. The van der Waals surface area contributed by atoms with Crippen molar-refractivity contribution in [3.8, 4) is 11.5 Å². The second-order valence-corrected chi connectivity index (χ2v) is 4.10. The zero-order chi connectivity index (χ0) is 14.2. The number of aromatic hydroxyl groups is 1. The molecule has 0 radical (unpaired) electrons. The number of nitrogens with zero attached hydrogens (tertiary/aromatic N) is 1. The lowest BCUT2D eigenvalue weighted by molar-refractivity contribution is -0.132. The van der Waals surface area contributed by atoms with E-state index in [0.29, 0.717) is 23.1 Å². The summed E-state index contributed by atoms with van der Waals surface area (Å²) in [7, 11) is 0. The molecule has 0 amide bonds. The summed E-state index contributed by atoms with van der Waals surface area (Å²) >= 11 is 0. The molecule has 0 saturated carbocycles. The van der Waals surface area contributed by atoms with Crippen LogP contribution in [0.25, 0.3) is 10.9 Å². The van der Waals surface area contributed by atoms with Gasteiger partial charge in [-0.2, -0.15) is 0 Å². The summed E-state index contributed by atoms with van der Waals surface area (Å²) in [6.45, 7) is 3.31. The van der Waals surface area contributed by atoms with E-state index in [-0.39, 0.29) is 11.5 Å². The van der Waals surface area contributed by atoms with Crippen molar-refractivity contribution < 1.29 is 14.6 Å². The number of hydrogen-bond donors (Lipinski definition) is 2. The zero-order valence-electron chi connectivity index (χ0n) is 10.6. The predicted molar refractivity (Wildman–Crippen MR) is 71.3 cm³/mol. The van der Waals surface area contributed by atoms with Crippen LogP contribution in [0.4, 0.5) is 5.69 Å². The van der Waals surface area contributed by atoms with E-state index in [9.17, 15) is 14.7 Å². The maximum Gasteiger partial charge on any atom is 0.308 e. The number of pyridine rings is 1. The number of nitrogen functional groups attached to an aromatic ring is 1. The molecule has 0 fully saturated rings. The van der Waals surface area contributed by atoms with Crippen LogP contribution < -0.4 is 16.0 Å². The Morgan fingerprint density at radius 3 is 2.74 bits per heavy atom. The summed E-state index contributed by atoms with van der Waals surface area (Å²) in [4.78, 5) is 23.2. The van der Waals surface area contributed by atoms with Gasteiger partial charge in [-0.3, -0.25) is 9.59 Å². The van der Waals surface area contributed by atoms with Crippen LogP contribution in [0.1, 0.15) is 13.8 Å². The molecule has 0 unspecified atom stereocenters. The molecule has 19 heavy (non-hydrogen) atoms. The number of anilines is 1. The number of ether oxygens (including phenoxy) is 1. The largest absolute Gasteiger partial charge is 0.504 e. The second-order valence-electron chi connectivity index (χ2n) is 4.10. The first-order chi connectivity index (χ1) is 8.95. The molecule has 0 aliphatic heterocycles. The molecule has 100 valence electrons. The molecule has 0 saturated heterocycles. The van der Waals surface area contributed by atoms with Crippen molar-refractivity contribution in [1.82, 2.24) is 4.57 Å². The van der Waals surface area contributed by atoms with Crippen molar-refractivity contribution in [3.05, 3.63) is 28.6 Å². The predicted octanol–water partition coefficient (Wildman–Crippen LogP) is 1.23. The second kappa shape index (κ2) is 4.64. The molecule has 0 aliphatic rings. The van der Waals surface area contributed by atoms with E-state index in [1.807, 2.05) is 0 Å². The van der Waals surface area contributed by atoms with Crippen molar-refractivity contribution in [2.75, 3.05) is 5.73 Å². The summed E-state index contributed by atoms with van der Waals surface area (Å²) in [6, 6.07) is 4.78. The van der Waals surface area contributed by atoms with E-state index in [0.717, 1.165) is 0 Å². The van der Waals surface area contributed by atoms with Gasteiger partial charge < -0.3 is 20.1 Å². The van der Waals surface area contributed by atoms with Gasteiger partial charge in [0.2, 0.25) is 5.75 Å². The summed E-state index contributed by atoms with van der Waals surface area (Å²) in [5.74, 6) is -1.36. The number of carbonyl (C=O) groups excluding carboxylic acids is 1. The number of fused-ring (bicyclic) bond motifs is 1. The molecular formula is C13H14N2O4. The van der Waals surface area contributed by atoms with E-state index in [4.69, 9.17) is 10.5 Å². The van der Waals surface area contributed by atoms with Gasteiger partial charge in [-0.1, -0.05) is 0 Å². The van der Waals surface area contributed by atoms with Crippen LogP contribution in [-0.4, -0.2) is 15.6 Å². The SMILES string of the molecule is CCn1c(=O)c(OC(C)=O)c(O)c2ccc(N)cc21. The molecule has 0 bridgehead atoms. The van der Waals surface area contributed by atoms with Crippen LogP contribution in [0.5, 0.6) is 11.5 Å². The van der Waals surface area contributed by atoms with Gasteiger partial charge in [0.1, 0.15) is 0 Å². The number of carbonyl (C=O) groups is 1. The summed E-state index contributed by atoms with van der Waals surface area (Å²) < 4.78 is 6.20. The molecule has 0 atom stereocenters. The minimum atomic E-state index is -0.662. The normalized spacial score (nSPS) is 10.6. The first kappa shape index (κ1) is 12.9. The summed E-state index contributed by atoms with van der Waals surface area (Å²) in [5, 5.41) is 10.5. The van der Waals surface area contributed by atoms with Crippen LogP contribution >= 0.6 is 0 Å². The van der Waals surface area contributed by atoms with E-state index in [2.05, 4.69) is 0 Å². The van der Waals surface area contributed by atoms with E-state index < -0.39 is 11.5 Å². The average Bonchev–Trinajstić information content (AvgIpc) is 2.34. The lowest BCUT2D eigenvalue weighted by Crippen LogP contribution is -2.23. The Kier molecular flexibility index (Phi) is 3.16. The van der Waals surface area contributed by atoms with Gasteiger partial charge >= 0.3 is 5.97 Å². The maximum absolute atomic E-state index is 12.2. The Balaban J connectivity index is 2.90. The molecule has 1 heterocycles. The van der Waals surface area contributed by atoms with Crippen molar-refractivity contribution in [2.45, 2.75) is 20.4 Å². The third-order valence-electron chi connectivity index (χ3n) is 2.78. The smallest absolute Gasteiger partial charge is 0.308 e. The van der Waals surface area contributed by atoms with Gasteiger partial charge in [-0.25, -0.2) is 0 Å². The Hall–Kier alpha value is -2.50. The molecule has 2 rings (SSSR count). The number of aryl methyl sites for hydroxylation is 1. The van der Waals surface area contributed by atoms with Crippen LogP contribution in [0.2, 0.25) is 0 Å². The van der Waals surface area contributed by atoms with Crippen LogP contribution in [-0.2, 0) is 11.3 Å². The summed E-state index contributed by atoms with van der Waals surface area (Å²) in [5.41, 5.74) is 6.10. The van der Waals surface area contributed by atoms with Gasteiger partial charge in [-0.15, -0.1) is 0 Å². The molecule has 6 nitrogen and oxygen atoms in total. The Morgan fingerprint density at radius 2 is 2.16 bits per heavy atom. The maximum atomic E-state index is 12.2. The van der Waals surface area contributed by atoms with Crippen LogP contribution in [0, 0.1) is 0 Å². The molecule has 1 aromatic carbocycles. The van der Waals surface area contributed by atoms with Crippen LogP contribution in [0.15, 0.2) is 23.0 Å². The number of aromatic nitrogens is 1. The summed E-state index contributed by atoms with van der Waals surface area (Å²) in [6.07, 6.45) is 0. The molecule has 0 aliphatic carbocycles. The lowest BCUT2D eigenvalue weighted by Gasteiger charge is -2.13. The standard InChI is InChI=1S/C13H14N2O4/c1-3-15-10-6-8(14)4-5-9(10)11(17)12(13(15)18)19-7(2)16/h4-6,17H,3,14H2,1-2H3. The van der Waals surface area contributed by atoms with Crippen molar-refractivity contribution in [1.29, 1.82) is 0 Å². The third-order valence-corrected chi connectivity index (χ3v) is 2.78. The minimum absolute atomic E-state index is 0.347. The molecule has 3 N–H and O–H groups in total. The molecule has 0 spiro atoms. The highest BCUT2D eigenvalue weighted by atomic mass is 16.5. The Morgan fingerprint density at radius 1 is 1.47 bits per heavy atom. The molecule has 6 heteroatoms. The highest BCUT2D eigenvalue weighted by Gasteiger charge is 2.18. The van der Waals surface area contributed by atoms with Gasteiger partial charge in [0.25, 0.3) is 5.56 Å². The number of benzene rings is 1. The first-order valence-electron chi connectivity index (χ1n) is 5.79. The van der Waals surface area contributed by atoms with E-state index in [1.54, 1.807) is 25.1 Å². The van der Waals surface area contributed by atoms with Gasteiger partial charge in [0.05, 0.1) is 5.52 Å². The highest BCUT2D eigenvalue weighted by molar-refractivity contribution is 5.90. The highest BCUT2D eigenvalue weighted by Crippen LogP contribution is 2.32. The zero-order valence-corrected chi connectivity index (χ0v) is 10.6. The fraction of sp³-hybridized carbons (Fsp3) is 0.231. The fourth-order valence-electron chi connectivity index (χ4n) is 1.98.